The molecule has 4 heteroatoms. The number of fused-ring (bicyclic) bond motifs is 3. The van der Waals surface area contributed by atoms with Crippen LogP contribution in [0.5, 0.6) is 0 Å². The molecule has 0 saturated carbocycles. The first-order valence-corrected chi connectivity index (χ1v) is 9.44. The van der Waals surface area contributed by atoms with Crippen molar-refractivity contribution in [1.29, 1.82) is 0 Å². The molecular weight excluding hydrogens is 360 g/mol. The highest BCUT2D eigenvalue weighted by molar-refractivity contribution is 6.05. The van der Waals surface area contributed by atoms with Crippen LogP contribution in [0, 0.1) is 6.92 Å². The van der Waals surface area contributed by atoms with Crippen molar-refractivity contribution in [3.63, 3.8) is 0 Å². The van der Waals surface area contributed by atoms with Crippen LogP contribution in [0.25, 0.3) is 33.3 Å². The Morgan fingerprint density at radius 1 is 0.897 bits per heavy atom. The van der Waals surface area contributed by atoms with Gasteiger partial charge < -0.3 is 9.73 Å². The molecule has 4 nitrogen and oxygen atoms in total. The van der Waals surface area contributed by atoms with Crippen molar-refractivity contribution in [3.8, 4) is 11.5 Å². The molecule has 140 valence electrons. The summed E-state index contributed by atoms with van der Waals surface area (Å²) in [4.78, 5) is 17.3. The molecule has 1 aromatic heterocycles. The largest absolute Gasteiger partial charge is 0.436 e. The first kappa shape index (κ1) is 17.2. The van der Waals surface area contributed by atoms with Gasteiger partial charge in [-0.25, -0.2) is 4.98 Å². The Labute approximate surface area is 167 Å². The number of amides is 1. The molecule has 0 unspecified atom stereocenters. The summed E-state index contributed by atoms with van der Waals surface area (Å²) in [7, 11) is 0. The molecule has 1 N–H and O–H groups in total. The standard InChI is InChI=1S/C25H18N2O2/c1-16-6-4-8-18(14-16)24(28)26-20-10-5-9-19(15-20)25-27-23-21-11-3-2-7-17(21)12-13-22(23)29-25/h2-15H,1H3,(H,26,28). The number of benzene rings is 4. The Morgan fingerprint density at radius 2 is 1.76 bits per heavy atom. The van der Waals surface area contributed by atoms with E-state index in [-0.39, 0.29) is 5.91 Å². The maximum atomic E-state index is 12.6. The van der Waals surface area contributed by atoms with Gasteiger partial charge in [0.1, 0.15) is 5.52 Å². The topological polar surface area (TPSA) is 55.1 Å². The predicted molar refractivity (Wildman–Crippen MR) is 116 cm³/mol. The summed E-state index contributed by atoms with van der Waals surface area (Å²) in [5.41, 5.74) is 4.77. The number of rotatable bonds is 3. The van der Waals surface area contributed by atoms with Crippen molar-refractivity contribution in [2.75, 3.05) is 5.32 Å². The number of nitrogens with one attached hydrogen (secondary N) is 1. The summed E-state index contributed by atoms with van der Waals surface area (Å²) in [5, 5.41) is 5.13. The molecule has 5 rings (SSSR count). The lowest BCUT2D eigenvalue weighted by Crippen LogP contribution is -2.11. The summed E-state index contributed by atoms with van der Waals surface area (Å²) in [6, 6.07) is 27.1. The number of anilines is 1. The fourth-order valence-corrected chi connectivity index (χ4v) is 3.50. The van der Waals surface area contributed by atoms with Crippen molar-refractivity contribution in [2.24, 2.45) is 0 Å². The first-order chi connectivity index (χ1) is 14.2. The normalized spacial score (nSPS) is 11.1. The molecule has 0 spiro atoms. The van der Waals surface area contributed by atoms with Gasteiger partial charge in [0.05, 0.1) is 0 Å². The van der Waals surface area contributed by atoms with Gasteiger partial charge in [0, 0.05) is 22.2 Å². The van der Waals surface area contributed by atoms with Gasteiger partial charge in [-0.3, -0.25) is 4.79 Å². The SMILES string of the molecule is Cc1cccc(C(=O)Nc2cccc(-c3nc4c(ccc5ccccc54)o3)c2)c1. The number of hydrogen-bond acceptors (Lipinski definition) is 3. The molecule has 5 aromatic rings. The summed E-state index contributed by atoms with van der Waals surface area (Å²) in [6.07, 6.45) is 0. The number of carbonyl (C=O) groups is 1. The average molecular weight is 378 g/mol. The van der Waals surface area contributed by atoms with E-state index >= 15 is 0 Å². The van der Waals surface area contributed by atoms with E-state index in [4.69, 9.17) is 9.40 Å². The molecule has 0 aliphatic rings. The number of oxazole rings is 1. The quantitative estimate of drug-likeness (QED) is 0.406. The van der Waals surface area contributed by atoms with Crippen LogP contribution in [0.3, 0.4) is 0 Å². The molecule has 1 amide bonds. The van der Waals surface area contributed by atoms with E-state index in [0.717, 1.165) is 33.0 Å². The Hall–Kier alpha value is -3.92. The summed E-state index contributed by atoms with van der Waals surface area (Å²) >= 11 is 0. The van der Waals surface area contributed by atoms with Crippen LogP contribution in [-0.4, -0.2) is 10.9 Å². The second kappa shape index (κ2) is 6.91. The zero-order valence-corrected chi connectivity index (χ0v) is 15.8. The summed E-state index contributed by atoms with van der Waals surface area (Å²) < 4.78 is 6.00. The van der Waals surface area contributed by atoms with Gasteiger partial charge in [-0.1, -0.05) is 54.1 Å². The lowest BCUT2D eigenvalue weighted by atomic mass is 10.1. The van der Waals surface area contributed by atoms with Crippen LogP contribution in [0.15, 0.2) is 89.3 Å². The third-order valence-electron chi connectivity index (χ3n) is 4.93. The van der Waals surface area contributed by atoms with Crippen LogP contribution in [0.1, 0.15) is 15.9 Å². The molecule has 0 radical (unpaired) electrons. The minimum atomic E-state index is -0.144. The molecule has 1 heterocycles. The highest BCUT2D eigenvalue weighted by atomic mass is 16.3. The van der Waals surface area contributed by atoms with Gasteiger partial charge in [-0.05, 0) is 48.7 Å². The van der Waals surface area contributed by atoms with Crippen molar-refractivity contribution in [2.45, 2.75) is 6.92 Å². The third-order valence-corrected chi connectivity index (χ3v) is 4.93. The number of aryl methyl sites for hydroxylation is 1. The van der Waals surface area contributed by atoms with Gasteiger partial charge >= 0.3 is 0 Å². The molecular formula is C25H18N2O2. The highest BCUT2D eigenvalue weighted by Gasteiger charge is 2.12. The second-order valence-corrected chi connectivity index (χ2v) is 7.06. The van der Waals surface area contributed by atoms with E-state index in [9.17, 15) is 4.79 Å². The van der Waals surface area contributed by atoms with Gasteiger partial charge in [-0.15, -0.1) is 0 Å². The van der Waals surface area contributed by atoms with Gasteiger partial charge in [0.25, 0.3) is 5.91 Å². The van der Waals surface area contributed by atoms with Crippen LogP contribution in [0.2, 0.25) is 0 Å². The molecule has 0 saturated heterocycles. The van der Waals surface area contributed by atoms with E-state index in [0.29, 0.717) is 17.1 Å². The van der Waals surface area contributed by atoms with E-state index in [2.05, 4.69) is 11.4 Å². The number of aromatic nitrogens is 1. The maximum absolute atomic E-state index is 12.6. The zero-order chi connectivity index (χ0) is 19.8. The van der Waals surface area contributed by atoms with Crippen molar-refractivity contribution in [1.82, 2.24) is 4.98 Å². The third kappa shape index (κ3) is 3.25. The Balaban J connectivity index is 1.49. The second-order valence-electron chi connectivity index (χ2n) is 7.06. The molecule has 0 aliphatic carbocycles. The lowest BCUT2D eigenvalue weighted by Gasteiger charge is -2.07. The maximum Gasteiger partial charge on any atom is 0.255 e. The zero-order valence-electron chi connectivity index (χ0n) is 15.8. The van der Waals surface area contributed by atoms with E-state index in [1.165, 1.54) is 0 Å². The highest BCUT2D eigenvalue weighted by Crippen LogP contribution is 2.30. The van der Waals surface area contributed by atoms with Gasteiger partial charge in [0.2, 0.25) is 5.89 Å². The van der Waals surface area contributed by atoms with Crippen LogP contribution < -0.4 is 5.32 Å². The Bertz CT molecular complexity index is 1370. The molecule has 0 atom stereocenters. The van der Waals surface area contributed by atoms with Crippen molar-refractivity contribution >= 4 is 33.5 Å². The first-order valence-electron chi connectivity index (χ1n) is 9.44. The number of hydrogen-bond donors (Lipinski definition) is 1. The van der Waals surface area contributed by atoms with Crippen molar-refractivity contribution in [3.05, 3.63) is 96.1 Å². The average Bonchev–Trinajstić information content (AvgIpc) is 3.19. The minimum Gasteiger partial charge on any atom is -0.436 e. The van der Waals surface area contributed by atoms with Gasteiger partial charge in [-0.2, -0.15) is 0 Å². The van der Waals surface area contributed by atoms with E-state index < -0.39 is 0 Å². The fourth-order valence-electron chi connectivity index (χ4n) is 3.50. The smallest absolute Gasteiger partial charge is 0.255 e. The Kier molecular flexibility index (Phi) is 4.10. The Morgan fingerprint density at radius 3 is 2.66 bits per heavy atom. The predicted octanol–water partition coefficient (Wildman–Crippen LogP) is 6.21. The van der Waals surface area contributed by atoms with Gasteiger partial charge in [0.15, 0.2) is 5.58 Å². The van der Waals surface area contributed by atoms with Crippen LogP contribution in [0.4, 0.5) is 5.69 Å². The number of carbonyl (C=O) groups excluding carboxylic acids is 1. The van der Waals surface area contributed by atoms with E-state index in [1.807, 2.05) is 79.7 Å². The van der Waals surface area contributed by atoms with Crippen molar-refractivity contribution < 1.29 is 9.21 Å². The molecule has 0 bridgehead atoms. The lowest BCUT2D eigenvalue weighted by molar-refractivity contribution is 0.102. The monoisotopic (exact) mass is 378 g/mol. The molecule has 4 aromatic carbocycles. The molecule has 29 heavy (non-hydrogen) atoms. The summed E-state index contributed by atoms with van der Waals surface area (Å²) in [6.45, 7) is 1.97. The fraction of sp³-hybridized carbons (Fsp3) is 0.0400. The van der Waals surface area contributed by atoms with E-state index in [1.54, 1.807) is 6.07 Å². The number of nitrogens with zero attached hydrogens (tertiary/aromatic N) is 1. The molecule has 0 fully saturated rings. The van der Waals surface area contributed by atoms with Crippen LogP contribution in [-0.2, 0) is 0 Å². The molecule has 0 aliphatic heterocycles. The van der Waals surface area contributed by atoms with Crippen LogP contribution >= 0.6 is 0 Å². The minimum absolute atomic E-state index is 0.144. The summed E-state index contributed by atoms with van der Waals surface area (Å²) in [5.74, 6) is 0.386.